The molecule has 0 aliphatic rings. The van der Waals surface area contributed by atoms with Gasteiger partial charge in [0.05, 0.1) is 29.5 Å². The molecule has 0 amide bonds. The van der Waals surface area contributed by atoms with Crippen LogP contribution in [0.3, 0.4) is 0 Å². The van der Waals surface area contributed by atoms with E-state index in [-0.39, 0.29) is 39.0 Å². The van der Waals surface area contributed by atoms with Crippen molar-refractivity contribution in [2.45, 2.75) is 57.3 Å². The van der Waals surface area contributed by atoms with Crippen molar-refractivity contribution in [2.24, 2.45) is 0 Å². The molecule has 0 radical (unpaired) electrons. The van der Waals surface area contributed by atoms with Gasteiger partial charge in [-0.1, -0.05) is 39.0 Å². The monoisotopic (exact) mass is 474 g/mol. The molecule has 1 heterocycles. The van der Waals surface area contributed by atoms with E-state index < -0.39 is 21.2 Å². The van der Waals surface area contributed by atoms with E-state index in [4.69, 9.17) is 13.9 Å². The average Bonchev–Trinajstić information content (AvgIpc) is 2.78. The standard InChI is InChI=1S/C25H30O7S/c1-4-6-7-8-9-10-13-31-18-15-20-23(26)19-14-17(25(27)30-5-2)11-12-21(19)32-24(20)22(16-18)33(3,28)29/h11-12,14-16H,4-10,13H2,1-3H3. The van der Waals surface area contributed by atoms with Crippen LogP contribution in [0.5, 0.6) is 5.75 Å². The maximum Gasteiger partial charge on any atom is 0.338 e. The maximum atomic E-state index is 13.3. The van der Waals surface area contributed by atoms with Crippen LogP contribution in [0.4, 0.5) is 0 Å². The smallest absolute Gasteiger partial charge is 0.338 e. The van der Waals surface area contributed by atoms with Crippen molar-refractivity contribution in [3.8, 4) is 5.75 Å². The van der Waals surface area contributed by atoms with Crippen LogP contribution in [0.2, 0.25) is 0 Å². The molecule has 0 aliphatic carbocycles. The third-order valence-electron chi connectivity index (χ3n) is 5.39. The Bertz CT molecular complexity index is 1310. The first-order valence-corrected chi connectivity index (χ1v) is 13.2. The van der Waals surface area contributed by atoms with E-state index in [2.05, 4.69) is 6.92 Å². The largest absolute Gasteiger partial charge is 0.494 e. The Morgan fingerprint density at radius 3 is 2.39 bits per heavy atom. The fraction of sp³-hybridized carbons (Fsp3) is 0.440. The van der Waals surface area contributed by atoms with Gasteiger partial charge in [-0.25, -0.2) is 13.2 Å². The van der Waals surface area contributed by atoms with Gasteiger partial charge in [-0.15, -0.1) is 0 Å². The highest BCUT2D eigenvalue weighted by Gasteiger charge is 2.21. The number of ether oxygens (including phenoxy) is 2. The van der Waals surface area contributed by atoms with Gasteiger partial charge >= 0.3 is 5.97 Å². The number of unbranched alkanes of at least 4 members (excludes halogenated alkanes) is 5. The highest BCUT2D eigenvalue weighted by atomic mass is 32.2. The molecule has 0 unspecified atom stereocenters. The van der Waals surface area contributed by atoms with Crippen LogP contribution in [-0.4, -0.2) is 33.9 Å². The lowest BCUT2D eigenvalue weighted by Crippen LogP contribution is -2.09. The molecule has 0 aliphatic heterocycles. The van der Waals surface area contributed by atoms with Gasteiger partial charge in [0.1, 0.15) is 16.2 Å². The summed E-state index contributed by atoms with van der Waals surface area (Å²) in [4.78, 5) is 25.2. The quantitative estimate of drug-likeness (QED) is 0.212. The van der Waals surface area contributed by atoms with E-state index in [1.165, 1.54) is 49.6 Å². The van der Waals surface area contributed by atoms with E-state index in [0.717, 1.165) is 25.5 Å². The number of hydrogen-bond donors (Lipinski definition) is 0. The summed E-state index contributed by atoms with van der Waals surface area (Å²) >= 11 is 0. The van der Waals surface area contributed by atoms with Crippen LogP contribution in [0.25, 0.3) is 21.9 Å². The Labute approximate surface area is 193 Å². The normalized spacial score (nSPS) is 11.7. The summed E-state index contributed by atoms with van der Waals surface area (Å²) in [5.74, 6) is -0.253. The van der Waals surface area contributed by atoms with Crippen molar-refractivity contribution in [3.05, 3.63) is 46.1 Å². The van der Waals surface area contributed by atoms with E-state index in [0.29, 0.717) is 12.4 Å². The van der Waals surface area contributed by atoms with Crippen LogP contribution in [0, 0.1) is 0 Å². The molecule has 7 nitrogen and oxygen atoms in total. The fourth-order valence-corrected chi connectivity index (χ4v) is 4.49. The molecule has 0 atom stereocenters. The molecule has 178 valence electrons. The second-order valence-corrected chi connectivity index (χ2v) is 10.0. The number of hydrogen-bond acceptors (Lipinski definition) is 7. The maximum absolute atomic E-state index is 13.3. The fourth-order valence-electron chi connectivity index (χ4n) is 3.67. The molecule has 8 heteroatoms. The molecule has 33 heavy (non-hydrogen) atoms. The average molecular weight is 475 g/mol. The first kappa shape index (κ1) is 24.8. The molecular weight excluding hydrogens is 444 g/mol. The van der Waals surface area contributed by atoms with E-state index >= 15 is 0 Å². The van der Waals surface area contributed by atoms with E-state index in [1.54, 1.807) is 6.92 Å². The van der Waals surface area contributed by atoms with Crippen LogP contribution < -0.4 is 10.2 Å². The van der Waals surface area contributed by atoms with Gasteiger partial charge in [-0.2, -0.15) is 0 Å². The summed E-state index contributed by atoms with van der Waals surface area (Å²) in [7, 11) is -3.70. The summed E-state index contributed by atoms with van der Waals surface area (Å²) in [5, 5.41) is 0.255. The Balaban J connectivity index is 2.00. The van der Waals surface area contributed by atoms with Crippen molar-refractivity contribution >= 4 is 37.7 Å². The Hall–Kier alpha value is -2.87. The van der Waals surface area contributed by atoms with Gasteiger partial charge in [0, 0.05) is 12.3 Å². The third-order valence-corrected chi connectivity index (χ3v) is 6.49. The molecule has 3 rings (SSSR count). The molecule has 0 fully saturated rings. The number of rotatable bonds is 11. The van der Waals surface area contributed by atoms with Gasteiger partial charge in [0.15, 0.2) is 15.4 Å². The van der Waals surface area contributed by atoms with Gasteiger partial charge in [0.25, 0.3) is 0 Å². The lowest BCUT2D eigenvalue weighted by molar-refractivity contribution is 0.0526. The molecular formula is C25H30O7S. The summed E-state index contributed by atoms with van der Waals surface area (Å²) in [5.41, 5.74) is -0.0564. The zero-order chi connectivity index (χ0) is 24.0. The molecule has 2 aromatic carbocycles. The minimum absolute atomic E-state index is 0.0224. The number of esters is 1. The number of carbonyl (C=O) groups is 1. The number of fused-ring (bicyclic) bond motifs is 2. The number of benzene rings is 2. The van der Waals surface area contributed by atoms with Crippen molar-refractivity contribution in [2.75, 3.05) is 19.5 Å². The summed E-state index contributed by atoms with van der Waals surface area (Å²) in [6.45, 7) is 4.49. The van der Waals surface area contributed by atoms with Crippen molar-refractivity contribution < 1.29 is 27.1 Å². The summed E-state index contributed by atoms with van der Waals surface area (Å²) in [6, 6.07) is 7.26. The molecule has 3 aromatic rings. The van der Waals surface area contributed by atoms with Crippen LogP contribution in [0.15, 0.2) is 44.4 Å². The second kappa shape index (κ2) is 10.8. The molecule has 0 saturated heterocycles. The minimum Gasteiger partial charge on any atom is -0.494 e. The SMILES string of the molecule is CCCCCCCCOc1cc(S(C)(=O)=O)c2oc3ccc(C(=O)OCC)cc3c(=O)c2c1. The number of carbonyl (C=O) groups excluding carboxylic acids is 1. The van der Waals surface area contributed by atoms with Gasteiger partial charge < -0.3 is 13.9 Å². The zero-order valence-electron chi connectivity index (χ0n) is 19.3. The highest BCUT2D eigenvalue weighted by Crippen LogP contribution is 2.30. The predicted molar refractivity (Wildman–Crippen MR) is 128 cm³/mol. The Morgan fingerprint density at radius 1 is 0.970 bits per heavy atom. The lowest BCUT2D eigenvalue weighted by atomic mass is 10.1. The highest BCUT2D eigenvalue weighted by molar-refractivity contribution is 7.91. The summed E-state index contributed by atoms with van der Waals surface area (Å²) in [6.07, 6.45) is 7.63. The summed E-state index contributed by atoms with van der Waals surface area (Å²) < 4.78 is 41.5. The zero-order valence-corrected chi connectivity index (χ0v) is 20.1. The van der Waals surface area contributed by atoms with E-state index in [9.17, 15) is 18.0 Å². The Morgan fingerprint density at radius 2 is 1.70 bits per heavy atom. The van der Waals surface area contributed by atoms with Crippen LogP contribution in [0.1, 0.15) is 62.7 Å². The number of sulfone groups is 1. The van der Waals surface area contributed by atoms with Gasteiger partial charge in [-0.3, -0.25) is 4.79 Å². The molecule has 1 aromatic heterocycles. The first-order valence-electron chi connectivity index (χ1n) is 11.3. The molecule has 0 N–H and O–H groups in total. The van der Waals surface area contributed by atoms with Crippen molar-refractivity contribution in [1.29, 1.82) is 0 Å². The topological polar surface area (TPSA) is 99.9 Å². The predicted octanol–water partition coefficient (Wildman–Crippen LogP) is 5.27. The first-order chi connectivity index (χ1) is 15.8. The third kappa shape index (κ3) is 5.93. The van der Waals surface area contributed by atoms with Gasteiger partial charge in [0.2, 0.25) is 5.43 Å². The minimum atomic E-state index is -3.70. The molecule has 0 bridgehead atoms. The van der Waals surface area contributed by atoms with Crippen molar-refractivity contribution in [3.63, 3.8) is 0 Å². The molecule has 0 spiro atoms. The van der Waals surface area contributed by atoms with Crippen molar-refractivity contribution in [1.82, 2.24) is 0 Å². The van der Waals surface area contributed by atoms with E-state index in [1.807, 2.05) is 0 Å². The molecule has 0 saturated carbocycles. The van der Waals surface area contributed by atoms with Crippen LogP contribution in [-0.2, 0) is 14.6 Å². The second-order valence-electron chi connectivity index (χ2n) is 8.05. The lowest BCUT2D eigenvalue weighted by Gasteiger charge is -2.11. The Kier molecular flexibility index (Phi) is 8.13. The van der Waals surface area contributed by atoms with Crippen LogP contribution >= 0.6 is 0 Å². The van der Waals surface area contributed by atoms with Gasteiger partial charge in [-0.05, 0) is 37.6 Å².